The fraction of sp³-hybridized carbons (Fsp3) is 0.556. The summed E-state index contributed by atoms with van der Waals surface area (Å²) in [7, 11) is 3.63. The highest BCUT2D eigenvalue weighted by atomic mass is 16.5. The molecule has 2 heterocycles. The van der Waals surface area contributed by atoms with Gasteiger partial charge in [0.25, 0.3) is 0 Å². The molecule has 116 valence electrons. The maximum absolute atomic E-state index is 9.44. The van der Waals surface area contributed by atoms with Gasteiger partial charge in [-0.2, -0.15) is 0 Å². The van der Waals surface area contributed by atoms with E-state index in [1.165, 1.54) is 0 Å². The highest BCUT2D eigenvalue weighted by Crippen LogP contribution is 2.62. The van der Waals surface area contributed by atoms with Gasteiger partial charge in [0.1, 0.15) is 12.2 Å². The molecule has 0 amide bonds. The van der Waals surface area contributed by atoms with E-state index in [0.717, 1.165) is 24.1 Å². The van der Waals surface area contributed by atoms with Crippen molar-refractivity contribution in [3.8, 4) is 11.5 Å². The van der Waals surface area contributed by atoms with E-state index in [-0.39, 0.29) is 6.04 Å². The summed E-state index contributed by atoms with van der Waals surface area (Å²) in [5.41, 5.74) is 1.17. The molecule has 1 N–H and O–H groups in total. The molecular formula is C18H21NO3. The number of nitrogens with zero attached hydrogens (tertiary/aromatic N) is 1. The molecule has 0 radical (unpaired) electrons. The van der Waals surface area contributed by atoms with Crippen molar-refractivity contribution < 1.29 is 17.3 Å². The molecule has 4 nitrogen and oxygen atoms in total. The van der Waals surface area contributed by atoms with Gasteiger partial charge in [0.2, 0.25) is 1.43 Å². The van der Waals surface area contributed by atoms with E-state index < -0.39 is 23.5 Å². The molecular weight excluding hydrogens is 278 g/mol. The van der Waals surface area contributed by atoms with E-state index in [2.05, 4.69) is 4.90 Å². The summed E-state index contributed by atoms with van der Waals surface area (Å²) in [6, 6.07) is 3.88. The zero-order valence-corrected chi connectivity index (χ0v) is 12.8. The van der Waals surface area contributed by atoms with Gasteiger partial charge < -0.3 is 19.5 Å². The molecule has 1 fully saturated rings. The Kier molecular flexibility index (Phi) is 1.90. The van der Waals surface area contributed by atoms with E-state index >= 15 is 0 Å². The highest BCUT2D eigenvalue weighted by molar-refractivity contribution is 5.62. The predicted octanol–water partition coefficient (Wildman–Crippen LogP) is 1.50. The van der Waals surface area contributed by atoms with Gasteiger partial charge in [0.05, 0.1) is 8.48 Å². The van der Waals surface area contributed by atoms with Crippen LogP contribution in [0.4, 0.5) is 0 Å². The molecule has 5 rings (SSSR count). The maximum Gasteiger partial charge on any atom is 0.211 e. The summed E-state index contributed by atoms with van der Waals surface area (Å²) in [5.74, 6) is 0.138. The zero-order valence-electron chi connectivity index (χ0n) is 15.8. The van der Waals surface area contributed by atoms with Crippen LogP contribution in [0.15, 0.2) is 24.3 Å². The zero-order chi connectivity index (χ0) is 17.6. The van der Waals surface area contributed by atoms with E-state index in [9.17, 15) is 2.74 Å². The number of benzene rings is 1. The average Bonchev–Trinajstić information content (AvgIpc) is 2.87. The summed E-state index contributed by atoms with van der Waals surface area (Å²) >= 11 is 0. The van der Waals surface area contributed by atoms with Gasteiger partial charge in [0.15, 0.2) is 11.5 Å². The monoisotopic (exact) mass is 302 g/mol. The van der Waals surface area contributed by atoms with Crippen LogP contribution >= 0.6 is 0 Å². The number of likely N-dealkylation sites (N-methyl/N-ethyl adjacent to an activating group) is 1. The molecule has 22 heavy (non-hydrogen) atoms. The van der Waals surface area contributed by atoms with Gasteiger partial charge >= 0.3 is 0 Å². The number of likely N-dealkylation sites (tertiary alicyclic amines) is 1. The summed E-state index contributed by atoms with van der Waals surface area (Å²) in [5, 5.41) is 4.90. The van der Waals surface area contributed by atoms with Gasteiger partial charge in [-0.05, 0) is 38.1 Å². The Morgan fingerprint density at radius 2 is 2.41 bits per heavy atom. The molecule has 1 saturated heterocycles. The molecule has 2 unspecified atom stereocenters. The van der Waals surface area contributed by atoms with Crippen LogP contribution in [0.1, 0.15) is 20.3 Å². The smallest absolute Gasteiger partial charge is 0.211 e. The largest absolute Gasteiger partial charge is 0.493 e. The Morgan fingerprint density at radius 1 is 1.50 bits per heavy atom. The number of aliphatic hydroxyl groups excluding tert-OH is 1. The van der Waals surface area contributed by atoms with Crippen molar-refractivity contribution in [1.82, 2.24) is 4.90 Å². The molecule has 0 saturated carbocycles. The van der Waals surface area contributed by atoms with Gasteiger partial charge in [-0.25, -0.2) is 0 Å². The third-order valence-electron chi connectivity index (χ3n) is 5.83. The first kappa shape index (κ1) is 10.3. The highest BCUT2D eigenvalue weighted by Gasteiger charge is 2.64. The second-order valence-corrected chi connectivity index (χ2v) is 6.69. The molecule has 1 aromatic carbocycles. The van der Waals surface area contributed by atoms with Crippen LogP contribution in [-0.2, 0) is 11.8 Å². The second kappa shape index (κ2) is 4.06. The Bertz CT molecular complexity index is 802. The summed E-state index contributed by atoms with van der Waals surface area (Å²) in [6.45, 7) is 0.782. The van der Waals surface area contributed by atoms with Crippen molar-refractivity contribution in [2.45, 2.75) is 36.5 Å². The Balaban J connectivity index is 1.89. The first-order valence-electron chi connectivity index (χ1n) is 9.24. The van der Waals surface area contributed by atoms with Crippen molar-refractivity contribution in [2.24, 2.45) is 5.89 Å². The van der Waals surface area contributed by atoms with Gasteiger partial charge in [-0.1, -0.05) is 18.2 Å². The van der Waals surface area contributed by atoms with E-state index in [1.807, 2.05) is 25.3 Å². The predicted molar refractivity (Wildman–Crippen MR) is 82.5 cm³/mol. The van der Waals surface area contributed by atoms with Gasteiger partial charge in [0, 0.05) is 24.3 Å². The van der Waals surface area contributed by atoms with Crippen molar-refractivity contribution in [3.63, 3.8) is 0 Å². The standard InChI is InChI=1S/C18H21NO3/c1-19-8-7-18-11-4-5-13(20)17(18)22-16-14(21-2)6-3-10(15(16)18)9-12(11)19/h3-6,11-13,17,20H,7-9H2,1-2H3/t11-,12+,13?,17?,18-/m0/s1/i11D,17D,20D. The van der Waals surface area contributed by atoms with Crippen molar-refractivity contribution in [1.29, 1.82) is 1.43 Å². The lowest BCUT2D eigenvalue weighted by molar-refractivity contribution is -0.0453. The minimum absolute atomic E-state index is 0.0376. The van der Waals surface area contributed by atoms with Crippen LogP contribution in [0.25, 0.3) is 0 Å². The molecule has 1 spiro atoms. The fourth-order valence-electron chi connectivity index (χ4n) is 4.83. The molecule has 2 aliphatic heterocycles. The number of rotatable bonds is 2. The Hall–Kier alpha value is -1.52. The minimum Gasteiger partial charge on any atom is -0.493 e. The third kappa shape index (κ3) is 1.28. The van der Waals surface area contributed by atoms with Crippen molar-refractivity contribution in [2.75, 3.05) is 20.7 Å². The van der Waals surface area contributed by atoms with Crippen LogP contribution in [0, 0.1) is 5.89 Å². The molecule has 4 aliphatic rings. The van der Waals surface area contributed by atoms with E-state index in [4.69, 9.17) is 16.0 Å². The molecule has 4 heteroatoms. The number of aliphatic hydroxyl groups is 1. The first-order valence-corrected chi connectivity index (χ1v) is 7.84. The van der Waals surface area contributed by atoms with Crippen LogP contribution in [0.5, 0.6) is 11.5 Å². The third-order valence-corrected chi connectivity index (χ3v) is 5.83. The Morgan fingerprint density at radius 3 is 3.23 bits per heavy atom. The van der Waals surface area contributed by atoms with Crippen molar-refractivity contribution in [3.05, 3.63) is 35.4 Å². The van der Waals surface area contributed by atoms with Crippen LogP contribution in [-0.4, -0.2) is 50.4 Å². The quantitative estimate of drug-likeness (QED) is 0.841. The van der Waals surface area contributed by atoms with E-state index in [1.54, 1.807) is 13.2 Å². The minimum atomic E-state index is -1.54. The normalized spacial score (nSPS) is 49.6. The molecule has 0 aromatic heterocycles. The van der Waals surface area contributed by atoms with E-state index in [0.29, 0.717) is 17.9 Å². The summed E-state index contributed by atoms with van der Waals surface area (Å²) in [6.07, 6.45) is 2.48. The number of hydrogen-bond donors (Lipinski definition) is 1. The van der Waals surface area contributed by atoms with Gasteiger partial charge in [-0.3, -0.25) is 0 Å². The topological polar surface area (TPSA) is 41.9 Å². The first-order chi connectivity index (χ1) is 11.9. The lowest BCUT2D eigenvalue weighted by Gasteiger charge is -2.56. The van der Waals surface area contributed by atoms with Crippen molar-refractivity contribution >= 4 is 0 Å². The summed E-state index contributed by atoms with van der Waals surface area (Å²) < 4.78 is 37.9. The molecule has 2 bridgehead atoms. The number of methoxy groups -OCH3 is 1. The molecule has 5 atom stereocenters. The number of piperidine rings is 1. The second-order valence-electron chi connectivity index (χ2n) is 6.69. The molecule has 1 aromatic rings. The lowest BCUT2D eigenvalue weighted by Crippen LogP contribution is -2.64. The Labute approximate surface area is 134 Å². The fourth-order valence-corrected chi connectivity index (χ4v) is 4.83. The van der Waals surface area contributed by atoms with Crippen LogP contribution in [0.3, 0.4) is 0 Å². The number of hydrogen-bond acceptors (Lipinski definition) is 4. The van der Waals surface area contributed by atoms with Crippen LogP contribution < -0.4 is 9.47 Å². The SMILES string of the molecule is [2H]OC1C=C[C@@]2([2H])[C@H]3Cc4ccc(OC)c5c4[C@@]2(CCN3C)C1([2H])O5. The van der Waals surface area contributed by atoms with Gasteiger partial charge in [-0.15, -0.1) is 0 Å². The molecule has 2 aliphatic carbocycles. The number of ether oxygens (including phenoxy) is 2. The lowest BCUT2D eigenvalue weighted by atomic mass is 9.53. The van der Waals surface area contributed by atoms with Crippen LogP contribution in [0.2, 0.25) is 0 Å². The maximum atomic E-state index is 9.44. The summed E-state index contributed by atoms with van der Waals surface area (Å²) in [4.78, 5) is 2.22. The average molecular weight is 302 g/mol.